The smallest absolute Gasteiger partial charge is 0.391 e. The Kier molecular flexibility index (Phi) is 5.36. The second kappa shape index (κ2) is 6.38. The Morgan fingerprint density at radius 3 is 2.74 bits per heavy atom. The second-order valence-electron chi connectivity index (χ2n) is 3.99. The normalized spacial score (nSPS) is 13.4. The molecule has 108 valence electrons. The number of rotatable bonds is 5. The van der Waals surface area contributed by atoms with Crippen LogP contribution in [0.5, 0.6) is 0 Å². The molecule has 0 aliphatic heterocycles. The maximum Gasteiger partial charge on any atom is 0.391 e. The number of hydrogen-bond donors (Lipinski definition) is 2. The zero-order valence-corrected chi connectivity index (χ0v) is 11.6. The first-order chi connectivity index (χ1) is 8.74. The van der Waals surface area contributed by atoms with Crippen LogP contribution in [0.3, 0.4) is 0 Å². The molecule has 5 nitrogen and oxygen atoms in total. The summed E-state index contributed by atoms with van der Waals surface area (Å²) in [4.78, 5) is 11.7. The summed E-state index contributed by atoms with van der Waals surface area (Å²) in [5.41, 5.74) is -0.325. The molecule has 9 heteroatoms. The van der Waals surface area contributed by atoms with Crippen LogP contribution in [-0.4, -0.2) is 33.7 Å². The number of hydrogen-bond acceptors (Lipinski definition) is 4. The summed E-state index contributed by atoms with van der Waals surface area (Å²) in [5, 5.41) is 15.0. The molecule has 0 bridgehead atoms. The molecular formula is C10H13BrF3N3O2. The van der Waals surface area contributed by atoms with E-state index < -0.39 is 24.2 Å². The van der Waals surface area contributed by atoms with Crippen LogP contribution >= 0.6 is 15.9 Å². The molecule has 1 aromatic rings. The van der Waals surface area contributed by atoms with E-state index in [0.717, 1.165) is 4.68 Å². The van der Waals surface area contributed by atoms with Crippen LogP contribution < -0.4 is 10.9 Å². The molecule has 0 spiro atoms. The van der Waals surface area contributed by atoms with Gasteiger partial charge in [-0.2, -0.15) is 18.3 Å². The van der Waals surface area contributed by atoms with Crippen molar-refractivity contribution in [3.8, 4) is 0 Å². The summed E-state index contributed by atoms with van der Waals surface area (Å²) >= 11 is 3.01. The van der Waals surface area contributed by atoms with Crippen LogP contribution in [0.25, 0.3) is 0 Å². The predicted molar refractivity (Wildman–Crippen MR) is 67.0 cm³/mol. The molecule has 1 aromatic heterocycles. The van der Waals surface area contributed by atoms with Gasteiger partial charge >= 0.3 is 6.18 Å². The molecule has 1 rings (SSSR count). The summed E-state index contributed by atoms with van der Waals surface area (Å²) in [6.07, 6.45) is -4.05. The van der Waals surface area contributed by atoms with Gasteiger partial charge in [-0.1, -0.05) is 0 Å². The second-order valence-corrected chi connectivity index (χ2v) is 4.78. The third-order valence-electron chi connectivity index (χ3n) is 2.24. The van der Waals surface area contributed by atoms with Gasteiger partial charge in [0.1, 0.15) is 4.47 Å². The highest BCUT2D eigenvalue weighted by Crippen LogP contribution is 2.24. The van der Waals surface area contributed by atoms with Crippen molar-refractivity contribution in [2.45, 2.75) is 32.1 Å². The van der Waals surface area contributed by atoms with Gasteiger partial charge in [-0.05, 0) is 22.9 Å². The Morgan fingerprint density at radius 2 is 2.21 bits per heavy atom. The minimum atomic E-state index is -4.28. The fraction of sp³-hybridized carbons (Fsp3) is 0.600. The Bertz CT molecular complexity index is 490. The number of aliphatic hydroxyl groups is 1. The summed E-state index contributed by atoms with van der Waals surface area (Å²) < 4.78 is 37.7. The summed E-state index contributed by atoms with van der Waals surface area (Å²) in [7, 11) is 0. The Hall–Kier alpha value is -1.09. The van der Waals surface area contributed by atoms with Crippen LogP contribution in [0.1, 0.15) is 13.3 Å². The molecule has 1 unspecified atom stereocenters. The first-order valence-electron chi connectivity index (χ1n) is 5.44. The van der Waals surface area contributed by atoms with Gasteiger partial charge in [0.2, 0.25) is 0 Å². The van der Waals surface area contributed by atoms with E-state index in [1.807, 2.05) is 0 Å². The lowest BCUT2D eigenvalue weighted by Crippen LogP contribution is -2.28. The van der Waals surface area contributed by atoms with E-state index in [1.165, 1.54) is 13.1 Å². The number of aromatic nitrogens is 2. The molecule has 0 radical (unpaired) electrons. The lowest BCUT2D eigenvalue weighted by atomic mass is 10.2. The molecule has 0 saturated heterocycles. The fourth-order valence-corrected chi connectivity index (χ4v) is 1.90. The molecule has 0 fully saturated rings. The average molecular weight is 344 g/mol. The Morgan fingerprint density at radius 1 is 1.58 bits per heavy atom. The van der Waals surface area contributed by atoms with Gasteiger partial charge in [-0.15, -0.1) is 0 Å². The van der Waals surface area contributed by atoms with E-state index in [1.54, 1.807) is 0 Å². The van der Waals surface area contributed by atoms with Crippen LogP contribution in [0.15, 0.2) is 15.5 Å². The van der Waals surface area contributed by atoms with Crippen molar-refractivity contribution >= 4 is 21.6 Å². The van der Waals surface area contributed by atoms with Crippen LogP contribution in [0.2, 0.25) is 0 Å². The first-order valence-corrected chi connectivity index (χ1v) is 6.23. The molecule has 2 N–H and O–H groups in total. The zero-order chi connectivity index (χ0) is 14.6. The van der Waals surface area contributed by atoms with Crippen LogP contribution in [0, 0.1) is 0 Å². The van der Waals surface area contributed by atoms with Gasteiger partial charge in [0.25, 0.3) is 5.56 Å². The molecule has 0 amide bonds. The number of anilines is 1. The van der Waals surface area contributed by atoms with E-state index >= 15 is 0 Å². The number of nitrogens with one attached hydrogen (secondary N) is 1. The molecule has 19 heavy (non-hydrogen) atoms. The lowest BCUT2D eigenvalue weighted by Gasteiger charge is -2.17. The SMILES string of the molecule is CC(CC(F)(F)F)Nc1cnn(CCO)c(=O)c1Br. The largest absolute Gasteiger partial charge is 0.394 e. The predicted octanol–water partition coefficient (Wildman–Crippen LogP) is 1.75. The number of aliphatic hydroxyl groups excluding tert-OH is 1. The molecule has 0 saturated carbocycles. The fourth-order valence-electron chi connectivity index (χ4n) is 1.48. The molecule has 1 atom stereocenters. The highest BCUT2D eigenvalue weighted by Gasteiger charge is 2.30. The Labute approximate surface area is 115 Å². The van der Waals surface area contributed by atoms with E-state index in [4.69, 9.17) is 5.11 Å². The molecule has 0 aromatic carbocycles. The van der Waals surface area contributed by atoms with Crippen molar-refractivity contribution in [3.05, 3.63) is 21.0 Å². The Balaban J connectivity index is 2.86. The van der Waals surface area contributed by atoms with Gasteiger partial charge in [0.15, 0.2) is 0 Å². The molecule has 1 heterocycles. The van der Waals surface area contributed by atoms with Crippen molar-refractivity contribution < 1.29 is 18.3 Å². The van der Waals surface area contributed by atoms with Crippen LogP contribution in [0.4, 0.5) is 18.9 Å². The minimum Gasteiger partial charge on any atom is -0.394 e. The summed E-state index contributed by atoms with van der Waals surface area (Å²) in [6.45, 7) is 1.13. The molecule has 0 aliphatic carbocycles. The van der Waals surface area contributed by atoms with Crippen molar-refractivity contribution in [1.82, 2.24) is 9.78 Å². The quantitative estimate of drug-likeness (QED) is 0.854. The zero-order valence-electron chi connectivity index (χ0n) is 10.0. The van der Waals surface area contributed by atoms with Gasteiger partial charge < -0.3 is 10.4 Å². The maximum absolute atomic E-state index is 12.2. The van der Waals surface area contributed by atoms with Gasteiger partial charge in [-0.3, -0.25) is 4.79 Å². The third kappa shape index (κ3) is 4.83. The van der Waals surface area contributed by atoms with Crippen molar-refractivity contribution in [1.29, 1.82) is 0 Å². The third-order valence-corrected chi connectivity index (χ3v) is 3.00. The summed E-state index contributed by atoms with van der Waals surface area (Å²) in [5.74, 6) is 0. The number of nitrogens with zero attached hydrogens (tertiary/aromatic N) is 2. The number of halogens is 4. The maximum atomic E-state index is 12.2. The van der Waals surface area contributed by atoms with Gasteiger partial charge in [-0.25, -0.2) is 4.68 Å². The lowest BCUT2D eigenvalue weighted by molar-refractivity contribution is -0.136. The van der Waals surface area contributed by atoms with E-state index in [2.05, 4.69) is 26.3 Å². The first kappa shape index (κ1) is 16.0. The number of alkyl halides is 3. The van der Waals surface area contributed by atoms with Gasteiger partial charge in [0.05, 0.1) is 31.5 Å². The molecule has 0 aliphatic rings. The highest BCUT2D eigenvalue weighted by atomic mass is 79.9. The molecular weight excluding hydrogens is 331 g/mol. The van der Waals surface area contributed by atoms with Gasteiger partial charge in [0, 0.05) is 6.04 Å². The van der Waals surface area contributed by atoms with Crippen molar-refractivity contribution in [2.24, 2.45) is 0 Å². The van der Waals surface area contributed by atoms with E-state index in [0.29, 0.717) is 0 Å². The highest BCUT2D eigenvalue weighted by molar-refractivity contribution is 9.10. The van der Waals surface area contributed by atoms with Crippen molar-refractivity contribution in [3.63, 3.8) is 0 Å². The van der Waals surface area contributed by atoms with E-state index in [-0.39, 0.29) is 23.3 Å². The van der Waals surface area contributed by atoms with Crippen LogP contribution in [-0.2, 0) is 6.54 Å². The van der Waals surface area contributed by atoms with E-state index in [9.17, 15) is 18.0 Å². The minimum absolute atomic E-state index is 0.0236. The average Bonchev–Trinajstić information content (AvgIpc) is 2.26. The summed E-state index contributed by atoms with van der Waals surface area (Å²) in [6, 6.07) is -0.883. The standard InChI is InChI=1S/C10H13BrF3N3O2/c1-6(4-10(12,13)14)16-7-5-15-17(2-3-18)9(19)8(7)11/h5-6,16,18H,2-4H2,1H3. The monoisotopic (exact) mass is 343 g/mol. The van der Waals surface area contributed by atoms with Crippen molar-refractivity contribution in [2.75, 3.05) is 11.9 Å². The topological polar surface area (TPSA) is 67.2 Å².